The summed E-state index contributed by atoms with van der Waals surface area (Å²) in [5, 5.41) is 9.21. The maximum atomic E-state index is 12.6. The molecule has 2 unspecified atom stereocenters. The van der Waals surface area contributed by atoms with Gasteiger partial charge in [0.1, 0.15) is 6.04 Å². The molecule has 1 saturated heterocycles. The van der Waals surface area contributed by atoms with Crippen molar-refractivity contribution in [2.24, 2.45) is 0 Å². The van der Waals surface area contributed by atoms with Gasteiger partial charge in [0.05, 0.1) is 5.37 Å². The van der Waals surface area contributed by atoms with Crippen molar-refractivity contribution in [2.75, 3.05) is 5.75 Å². The fourth-order valence-electron chi connectivity index (χ4n) is 2.27. The number of carbonyl (C=O) groups excluding carboxylic acids is 1. The molecule has 1 aliphatic heterocycles. The van der Waals surface area contributed by atoms with E-state index in [-0.39, 0.29) is 11.3 Å². The van der Waals surface area contributed by atoms with Crippen LogP contribution in [0.4, 0.5) is 0 Å². The van der Waals surface area contributed by atoms with Crippen LogP contribution in [0.3, 0.4) is 0 Å². The molecular weight excluding hydrogens is 342 g/mol. The number of carbonyl (C=O) groups is 2. The molecule has 0 bridgehead atoms. The molecule has 4 nitrogen and oxygen atoms in total. The average Bonchev–Trinajstić information content (AvgIpc) is 2.85. The third kappa shape index (κ3) is 2.86. The predicted octanol–water partition coefficient (Wildman–Crippen LogP) is 3.14. The molecule has 1 aromatic rings. The standard InChI is InChI=1S/C14H16BrNO3S/c1-3-12-16(11(7-20-12)14(18)19)13(17)9-4-5-10(15)8(2)6-9/h4-6,11-12H,3,7H2,1-2H3,(H,18,19). The lowest BCUT2D eigenvalue weighted by Gasteiger charge is -2.26. The Kier molecular flexibility index (Phi) is 4.75. The minimum Gasteiger partial charge on any atom is -0.480 e. The number of halogens is 1. The summed E-state index contributed by atoms with van der Waals surface area (Å²) in [6, 6.07) is 4.61. The van der Waals surface area contributed by atoms with Gasteiger partial charge in [-0.15, -0.1) is 11.8 Å². The Hall–Kier alpha value is -1.01. The molecule has 2 rings (SSSR count). The third-order valence-corrected chi connectivity index (χ3v) is 5.71. The molecule has 1 heterocycles. The average molecular weight is 358 g/mol. The van der Waals surface area contributed by atoms with Crippen molar-refractivity contribution in [3.63, 3.8) is 0 Å². The SMILES string of the molecule is CCC1SCC(C(=O)O)N1C(=O)c1ccc(Br)c(C)c1. The molecule has 108 valence electrons. The number of thioether (sulfide) groups is 1. The van der Waals surface area contributed by atoms with Crippen LogP contribution in [0.15, 0.2) is 22.7 Å². The largest absolute Gasteiger partial charge is 0.480 e. The van der Waals surface area contributed by atoms with E-state index in [2.05, 4.69) is 15.9 Å². The molecule has 0 radical (unpaired) electrons. The minimum atomic E-state index is -0.935. The molecule has 1 amide bonds. The third-order valence-electron chi connectivity index (χ3n) is 3.37. The molecule has 1 N–H and O–H groups in total. The van der Waals surface area contributed by atoms with Crippen LogP contribution >= 0.6 is 27.7 Å². The van der Waals surface area contributed by atoms with Crippen molar-refractivity contribution in [2.45, 2.75) is 31.7 Å². The van der Waals surface area contributed by atoms with Crippen molar-refractivity contribution in [3.8, 4) is 0 Å². The summed E-state index contributed by atoms with van der Waals surface area (Å²) in [4.78, 5) is 25.5. The lowest BCUT2D eigenvalue weighted by Crippen LogP contribution is -2.45. The summed E-state index contributed by atoms with van der Waals surface area (Å²) in [5.74, 6) is -0.685. The molecule has 1 aromatic carbocycles. The Morgan fingerprint density at radius 1 is 1.50 bits per heavy atom. The van der Waals surface area contributed by atoms with Crippen molar-refractivity contribution in [1.29, 1.82) is 0 Å². The first-order chi connectivity index (χ1) is 9.45. The van der Waals surface area contributed by atoms with Crippen LogP contribution in [0.1, 0.15) is 29.3 Å². The predicted molar refractivity (Wildman–Crippen MR) is 83.0 cm³/mol. The van der Waals surface area contributed by atoms with E-state index in [0.717, 1.165) is 16.5 Å². The quantitative estimate of drug-likeness (QED) is 0.902. The molecule has 0 spiro atoms. The zero-order valence-corrected chi connectivity index (χ0v) is 13.7. The van der Waals surface area contributed by atoms with Gasteiger partial charge in [-0.1, -0.05) is 22.9 Å². The maximum absolute atomic E-state index is 12.6. The highest BCUT2D eigenvalue weighted by Gasteiger charge is 2.41. The molecule has 0 saturated carbocycles. The van der Waals surface area contributed by atoms with Crippen molar-refractivity contribution < 1.29 is 14.7 Å². The Bertz CT molecular complexity index is 549. The van der Waals surface area contributed by atoms with E-state index in [0.29, 0.717) is 11.3 Å². The summed E-state index contributed by atoms with van der Waals surface area (Å²) in [6.07, 6.45) is 0.746. The highest BCUT2D eigenvalue weighted by Crippen LogP contribution is 2.33. The molecule has 20 heavy (non-hydrogen) atoms. The maximum Gasteiger partial charge on any atom is 0.327 e. The van der Waals surface area contributed by atoms with Gasteiger partial charge in [0.25, 0.3) is 5.91 Å². The van der Waals surface area contributed by atoms with E-state index < -0.39 is 12.0 Å². The number of hydrogen-bond acceptors (Lipinski definition) is 3. The first-order valence-electron chi connectivity index (χ1n) is 6.39. The van der Waals surface area contributed by atoms with Crippen LogP contribution in [-0.4, -0.2) is 39.1 Å². The second-order valence-corrected chi connectivity index (χ2v) is 6.79. The normalized spacial score (nSPS) is 22.1. The van der Waals surface area contributed by atoms with Gasteiger partial charge in [-0.2, -0.15) is 0 Å². The summed E-state index contributed by atoms with van der Waals surface area (Å²) in [6.45, 7) is 3.88. The second-order valence-electron chi connectivity index (χ2n) is 4.73. The van der Waals surface area contributed by atoms with Crippen LogP contribution in [0.2, 0.25) is 0 Å². The number of hydrogen-bond donors (Lipinski definition) is 1. The van der Waals surface area contributed by atoms with Gasteiger partial charge in [0, 0.05) is 15.8 Å². The van der Waals surface area contributed by atoms with E-state index in [9.17, 15) is 14.7 Å². The number of rotatable bonds is 3. The van der Waals surface area contributed by atoms with Gasteiger partial charge in [0.2, 0.25) is 0 Å². The zero-order valence-electron chi connectivity index (χ0n) is 11.3. The number of nitrogens with zero attached hydrogens (tertiary/aromatic N) is 1. The van der Waals surface area contributed by atoms with Gasteiger partial charge in [0.15, 0.2) is 0 Å². The number of carboxylic acid groups (broad SMARTS) is 1. The van der Waals surface area contributed by atoms with E-state index >= 15 is 0 Å². The Morgan fingerprint density at radius 2 is 2.20 bits per heavy atom. The first-order valence-corrected chi connectivity index (χ1v) is 8.23. The summed E-state index contributed by atoms with van der Waals surface area (Å²) in [5.41, 5.74) is 1.50. The highest BCUT2D eigenvalue weighted by atomic mass is 79.9. The van der Waals surface area contributed by atoms with Crippen LogP contribution in [0, 0.1) is 6.92 Å². The van der Waals surface area contributed by atoms with Crippen molar-refractivity contribution in [1.82, 2.24) is 4.90 Å². The fraction of sp³-hybridized carbons (Fsp3) is 0.429. The van der Waals surface area contributed by atoms with Crippen molar-refractivity contribution in [3.05, 3.63) is 33.8 Å². The molecular formula is C14H16BrNO3S. The molecule has 0 aliphatic carbocycles. The van der Waals surface area contributed by atoms with Gasteiger partial charge in [-0.05, 0) is 37.1 Å². The van der Waals surface area contributed by atoms with Gasteiger partial charge >= 0.3 is 5.97 Å². The topological polar surface area (TPSA) is 57.6 Å². The zero-order chi connectivity index (χ0) is 14.9. The number of amides is 1. The van der Waals surface area contributed by atoms with Gasteiger partial charge in [-0.25, -0.2) is 4.79 Å². The van der Waals surface area contributed by atoms with E-state index in [1.165, 1.54) is 16.7 Å². The fourth-order valence-corrected chi connectivity index (χ4v) is 3.86. The highest BCUT2D eigenvalue weighted by molar-refractivity contribution is 9.10. The number of aliphatic carboxylic acids is 1. The Balaban J connectivity index is 2.33. The van der Waals surface area contributed by atoms with E-state index in [1.807, 2.05) is 19.9 Å². The first kappa shape index (κ1) is 15.4. The number of carboxylic acids is 1. The molecule has 6 heteroatoms. The minimum absolute atomic E-state index is 0.0625. The summed E-state index contributed by atoms with van der Waals surface area (Å²) >= 11 is 4.93. The molecule has 1 aliphatic rings. The van der Waals surface area contributed by atoms with E-state index in [1.54, 1.807) is 12.1 Å². The molecule has 0 aromatic heterocycles. The Labute approximate surface area is 130 Å². The van der Waals surface area contributed by atoms with Crippen LogP contribution in [0.25, 0.3) is 0 Å². The number of aryl methyl sites for hydroxylation is 1. The second kappa shape index (κ2) is 6.18. The van der Waals surface area contributed by atoms with Crippen LogP contribution < -0.4 is 0 Å². The van der Waals surface area contributed by atoms with Crippen LogP contribution in [0.5, 0.6) is 0 Å². The monoisotopic (exact) mass is 357 g/mol. The smallest absolute Gasteiger partial charge is 0.327 e. The molecule has 1 fully saturated rings. The van der Waals surface area contributed by atoms with E-state index in [4.69, 9.17) is 0 Å². The Morgan fingerprint density at radius 3 is 2.75 bits per heavy atom. The van der Waals surface area contributed by atoms with Gasteiger partial charge in [-0.3, -0.25) is 4.79 Å². The van der Waals surface area contributed by atoms with Gasteiger partial charge < -0.3 is 10.0 Å². The number of benzene rings is 1. The lowest BCUT2D eigenvalue weighted by atomic mass is 10.1. The van der Waals surface area contributed by atoms with Crippen molar-refractivity contribution >= 4 is 39.6 Å². The summed E-state index contributed by atoms with van der Waals surface area (Å²) in [7, 11) is 0. The van der Waals surface area contributed by atoms with Crippen LogP contribution in [-0.2, 0) is 4.79 Å². The summed E-state index contributed by atoms with van der Waals surface area (Å²) < 4.78 is 0.937. The lowest BCUT2D eigenvalue weighted by molar-refractivity contribution is -0.141. The molecule has 2 atom stereocenters.